The summed E-state index contributed by atoms with van der Waals surface area (Å²) in [7, 11) is 0. The highest BCUT2D eigenvalue weighted by molar-refractivity contribution is 7.99. The van der Waals surface area contributed by atoms with Gasteiger partial charge in [0, 0.05) is 0 Å². The average Bonchev–Trinajstić information content (AvgIpc) is 2.21. The third-order valence-electron chi connectivity index (χ3n) is 2.99. The molecule has 1 aliphatic heterocycles. The first kappa shape index (κ1) is 11.3. The number of aliphatic hydroxyl groups is 1. The molecule has 0 spiro atoms. The highest BCUT2D eigenvalue weighted by atomic mass is 32.2. The van der Waals surface area contributed by atoms with Crippen LogP contribution in [0.4, 0.5) is 0 Å². The van der Waals surface area contributed by atoms with E-state index in [-0.39, 0.29) is 6.10 Å². The van der Waals surface area contributed by atoms with Crippen LogP contribution in [0, 0.1) is 11.8 Å². The fourth-order valence-corrected chi connectivity index (χ4v) is 3.17. The molecule has 3 atom stereocenters. The summed E-state index contributed by atoms with van der Waals surface area (Å²) >= 11 is 1.97. The van der Waals surface area contributed by atoms with E-state index in [1.807, 2.05) is 11.8 Å². The van der Waals surface area contributed by atoms with E-state index in [2.05, 4.69) is 6.92 Å². The molecule has 0 amide bonds. The first-order chi connectivity index (χ1) is 6.29. The van der Waals surface area contributed by atoms with Gasteiger partial charge < -0.3 is 10.8 Å². The molecule has 13 heavy (non-hydrogen) atoms. The Morgan fingerprint density at radius 1 is 1.62 bits per heavy atom. The van der Waals surface area contributed by atoms with Crippen molar-refractivity contribution in [1.29, 1.82) is 0 Å². The lowest BCUT2D eigenvalue weighted by Gasteiger charge is -2.30. The minimum atomic E-state index is -0.164. The Kier molecular flexibility index (Phi) is 5.14. The Labute approximate surface area is 85.3 Å². The van der Waals surface area contributed by atoms with Gasteiger partial charge in [0.05, 0.1) is 6.10 Å². The molecule has 0 aromatic rings. The molecule has 0 aromatic carbocycles. The van der Waals surface area contributed by atoms with Crippen LogP contribution in [0.5, 0.6) is 0 Å². The molecule has 2 nitrogen and oxygen atoms in total. The van der Waals surface area contributed by atoms with E-state index >= 15 is 0 Å². The van der Waals surface area contributed by atoms with Crippen LogP contribution in [0.25, 0.3) is 0 Å². The molecule has 1 saturated heterocycles. The Bertz CT molecular complexity index is 133. The summed E-state index contributed by atoms with van der Waals surface area (Å²) in [5, 5.41) is 10.0. The molecule has 3 heteroatoms. The Morgan fingerprint density at radius 2 is 2.38 bits per heavy atom. The first-order valence-electron chi connectivity index (χ1n) is 5.25. The molecule has 0 saturated carbocycles. The van der Waals surface area contributed by atoms with E-state index in [0.717, 1.165) is 12.2 Å². The molecule has 1 heterocycles. The number of rotatable bonds is 4. The zero-order chi connectivity index (χ0) is 9.68. The van der Waals surface area contributed by atoms with Gasteiger partial charge in [0.1, 0.15) is 0 Å². The van der Waals surface area contributed by atoms with Gasteiger partial charge in [0.25, 0.3) is 0 Å². The molecule has 0 bridgehead atoms. The van der Waals surface area contributed by atoms with Crippen LogP contribution >= 0.6 is 11.8 Å². The van der Waals surface area contributed by atoms with Gasteiger partial charge in [0.2, 0.25) is 0 Å². The van der Waals surface area contributed by atoms with E-state index in [9.17, 15) is 5.11 Å². The molecular formula is C10H21NOS. The van der Waals surface area contributed by atoms with Gasteiger partial charge in [-0.15, -0.1) is 0 Å². The van der Waals surface area contributed by atoms with E-state index < -0.39 is 0 Å². The third kappa shape index (κ3) is 3.15. The minimum absolute atomic E-state index is 0.164. The topological polar surface area (TPSA) is 46.2 Å². The van der Waals surface area contributed by atoms with Crippen molar-refractivity contribution in [3.05, 3.63) is 0 Å². The molecule has 3 N–H and O–H groups in total. The van der Waals surface area contributed by atoms with Crippen LogP contribution in [-0.2, 0) is 0 Å². The van der Waals surface area contributed by atoms with Crippen LogP contribution < -0.4 is 5.73 Å². The molecule has 1 aliphatic rings. The van der Waals surface area contributed by atoms with E-state index in [1.165, 1.54) is 18.6 Å². The zero-order valence-corrected chi connectivity index (χ0v) is 9.22. The number of thioether (sulfide) groups is 1. The van der Waals surface area contributed by atoms with E-state index in [1.54, 1.807) is 0 Å². The average molecular weight is 203 g/mol. The van der Waals surface area contributed by atoms with Crippen molar-refractivity contribution in [3.63, 3.8) is 0 Å². The molecule has 0 aliphatic carbocycles. The second kappa shape index (κ2) is 5.89. The summed E-state index contributed by atoms with van der Waals surface area (Å²) < 4.78 is 0. The van der Waals surface area contributed by atoms with Crippen molar-refractivity contribution in [1.82, 2.24) is 0 Å². The molecule has 78 valence electrons. The molecule has 0 aromatic heterocycles. The summed E-state index contributed by atoms with van der Waals surface area (Å²) in [6, 6.07) is 0. The summed E-state index contributed by atoms with van der Waals surface area (Å²) in [6.45, 7) is 2.73. The van der Waals surface area contributed by atoms with Crippen LogP contribution in [-0.4, -0.2) is 29.3 Å². The van der Waals surface area contributed by atoms with Crippen molar-refractivity contribution in [2.75, 3.05) is 18.1 Å². The second-order valence-corrected chi connectivity index (χ2v) is 5.02. The normalized spacial score (nSPS) is 28.4. The molecule has 1 fully saturated rings. The maximum absolute atomic E-state index is 10.0. The van der Waals surface area contributed by atoms with E-state index in [0.29, 0.717) is 18.4 Å². The van der Waals surface area contributed by atoms with Gasteiger partial charge in [-0.05, 0) is 49.1 Å². The number of aliphatic hydroxyl groups excluding tert-OH is 1. The van der Waals surface area contributed by atoms with Gasteiger partial charge in [-0.1, -0.05) is 6.92 Å². The zero-order valence-electron chi connectivity index (χ0n) is 8.41. The molecule has 0 radical (unpaired) electrons. The van der Waals surface area contributed by atoms with Crippen molar-refractivity contribution < 1.29 is 5.11 Å². The lowest BCUT2D eigenvalue weighted by molar-refractivity contribution is 0.0561. The predicted octanol–water partition coefficient (Wildman–Crippen LogP) is 1.48. The smallest absolute Gasteiger partial charge is 0.0616 e. The quantitative estimate of drug-likeness (QED) is 0.727. The van der Waals surface area contributed by atoms with Crippen LogP contribution in [0.3, 0.4) is 0 Å². The van der Waals surface area contributed by atoms with Crippen molar-refractivity contribution in [3.8, 4) is 0 Å². The Balaban J connectivity index is 2.38. The Morgan fingerprint density at radius 3 is 2.85 bits per heavy atom. The largest absolute Gasteiger partial charge is 0.392 e. The summed E-state index contributed by atoms with van der Waals surface area (Å²) in [5.41, 5.74) is 5.62. The molecule has 1 rings (SSSR count). The highest BCUT2D eigenvalue weighted by Gasteiger charge is 2.27. The van der Waals surface area contributed by atoms with Gasteiger partial charge in [0.15, 0.2) is 0 Å². The highest BCUT2D eigenvalue weighted by Crippen LogP contribution is 2.28. The van der Waals surface area contributed by atoms with Crippen LogP contribution in [0.15, 0.2) is 0 Å². The SMILES string of the molecule is CCC(CN)C(O)C1CCCSC1. The maximum atomic E-state index is 10.0. The fraction of sp³-hybridized carbons (Fsp3) is 1.00. The van der Waals surface area contributed by atoms with Crippen molar-refractivity contribution >= 4 is 11.8 Å². The summed E-state index contributed by atoms with van der Waals surface area (Å²) in [4.78, 5) is 0. The maximum Gasteiger partial charge on any atom is 0.0616 e. The van der Waals surface area contributed by atoms with Crippen molar-refractivity contribution in [2.45, 2.75) is 32.3 Å². The van der Waals surface area contributed by atoms with E-state index in [4.69, 9.17) is 5.73 Å². The lowest BCUT2D eigenvalue weighted by Crippen LogP contribution is -2.36. The fourth-order valence-electron chi connectivity index (χ4n) is 1.97. The Hall–Kier alpha value is 0.270. The third-order valence-corrected chi connectivity index (χ3v) is 4.23. The minimum Gasteiger partial charge on any atom is -0.392 e. The van der Waals surface area contributed by atoms with Gasteiger partial charge in [-0.25, -0.2) is 0 Å². The summed E-state index contributed by atoms with van der Waals surface area (Å²) in [5.74, 6) is 3.19. The second-order valence-electron chi connectivity index (χ2n) is 3.87. The van der Waals surface area contributed by atoms with Crippen LogP contribution in [0.2, 0.25) is 0 Å². The van der Waals surface area contributed by atoms with Gasteiger partial charge in [-0.2, -0.15) is 11.8 Å². The van der Waals surface area contributed by atoms with Gasteiger partial charge >= 0.3 is 0 Å². The van der Waals surface area contributed by atoms with Crippen LogP contribution in [0.1, 0.15) is 26.2 Å². The molecular weight excluding hydrogens is 182 g/mol. The number of nitrogens with two attached hydrogens (primary N) is 1. The first-order valence-corrected chi connectivity index (χ1v) is 6.41. The standard InChI is InChI=1S/C10H21NOS/c1-2-8(6-11)10(12)9-4-3-5-13-7-9/h8-10,12H,2-7,11H2,1H3. The summed E-state index contributed by atoms with van der Waals surface area (Å²) in [6.07, 6.45) is 3.28. The monoisotopic (exact) mass is 203 g/mol. The lowest BCUT2D eigenvalue weighted by atomic mass is 9.87. The number of hydrogen-bond donors (Lipinski definition) is 2. The van der Waals surface area contributed by atoms with Crippen molar-refractivity contribution in [2.24, 2.45) is 17.6 Å². The number of hydrogen-bond acceptors (Lipinski definition) is 3. The van der Waals surface area contributed by atoms with Gasteiger partial charge in [-0.3, -0.25) is 0 Å². The molecule has 3 unspecified atom stereocenters. The predicted molar refractivity (Wildman–Crippen MR) is 58.9 cm³/mol.